The molecule has 0 aliphatic carbocycles. The number of carbonyl (C=O) groups is 1. The van der Waals surface area contributed by atoms with Gasteiger partial charge in [0.25, 0.3) is 11.6 Å². The second-order valence-electron chi connectivity index (χ2n) is 7.07. The highest BCUT2D eigenvalue weighted by Crippen LogP contribution is 2.36. The van der Waals surface area contributed by atoms with Crippen molar-refractivity contribution in [3.8, 4) is 0 Å². The molecule has 6 nitrogen and oxygen atoms in total. The van der Waals surface area contributed by atoms with Crippen LogP contribution in [0.4, 0.5) is 11.4 Å². The number of fused-ring (bicyclic) bond motifs is 1. The zero-order valence-corrected chi connectivity index (χ0v) is 16.8. The molecule has 3 aromatic rings. The SMILES string of the molecule is Cc1ccc(C(=O)NCC(c2cccs2)N2CCc3ccccc32)cc1[N+](=O)[O-]. The van der Waals surface area contributed by atoms with E-state index in [9.17, 15) is 14.9 Å². The van der Waals surface area contributed by atoms with Crippen molar-refractivity contribution < 1.29 is 9.72 Å². The van der Waals surface area contributed by atoms with Gasteiger partial charge < -0.3 is 10.2 Å². The molecule has 2 heterocycles. The van der Waals surface area contributed by atoms with Gasteiger partial charge in [-0.15, -0.1) is 11.3 Å². The molecule has 1 aliphatic heterocycles. The molecular formula is C22H21N3O3S. The molecule has 1 N–H and O–H groups in total. The Hall–Kier alpha value is -3.19. The number of hydrogen-bond acceptors (Lipinski definition) is 5. The van der Waals surface area contributed by atoms with E-state index in [4.69, 9.17) is 0 Å². The maximum absolute atomic E-state index is 12.7. The average Bonchev–Trinajstić information content (AvgIpc) is 3.39. The Morgan fingerprint density at radius 1 is 1.24 bits per heavy atom. The predicted octanol–water partition coefficient (Wildman–Crippen LogP) is 4.50. The van der Waals surface area contributed by atoms with Gasteiger partial charge in [-0.05, 0) is 42.5 Å². The average molecular weight is 407 g/mol. The number of carbonyl (C=O) groups excluding carboxylic acids is 1. The largest absolute Gasteiger partial charge is 0.361 e. The van der Waals surface area contributed by atoms with E-state index in [0.717, 1.165) is 13.0 Å². The van der Waals surface area contributed by atoms with Gasteiger partial charge in [-0.25, -0.2) is 0 Å². The van der Waals surface area contributed by atoms with E-state index >= 15 is 0 Å². The molecule has 0 bridgehead atoms. The van der Waals surface area contributed by atoms with Gasteiger partial charge in [0.05, 0.1) is 11.0 Å². The Balaban J connectivity index is 1.55. The fourth-order valence-corrected chi connectivity index (χ4v) is 4.61. The maximum atomic E-state index is 12.7. The highest BCUT2D eigenvalue weighted by molar-refractivity contribution is 7.10. The fourth-order valence-electron chi connectivity index (χ4n) is 3.77. The third kappa shape index (κ3) is 3.86. The summed E-state index contributed by atoms with van der Waals surface area (Å²) in [5.74, 6) is -0.304. The van der Waals surface area contributed by atoms with Crippen molar-refractivity contribution in [1.29, 1.82) is 0 Å². The molecule has 0 saturated heterocycles. The minimum atomic E-state index is -0.457. The summed E-state index contributed by atoms with van der Waals surface area (Å²) in [6.45, 7) is 2.99. The first-order valence-electron chi connectivity index (χ1n) is 9.46. The molecule has 148 valence electrons. The minimum Gasteiger partial charge on any atom is -0.361 e. The lowest BCUT2D eigenvalue weighted by Gasteiger charge is -2.30. The van der Waals surface area contributed by atoms with E-state index in [-0.39, 0.29) is 17.6 Å². The lowest BCUT2D eigenvalue weighted by Crippen LogP contribution is -2.37. The number of thiophene rings is 1. The number of nitrogens with zero attached hydrogens (tertiary/aromatic N) is 2. The van der Waals surface area contributed by atoms with Crippen LogP contribution in [0, 0.1) is 17.0 Å². The lowest BCUT2D eigenvalue weighted by molar-refractivity contribution is -0.385. The number of benzene rings is 2. The van der Waals surface area contributed by atoms with Gasteiger partial charge in [-0.2, -0.15) is 0 Å². The van der Waals surface area contributed by atoms with Crippen molar-refractivity contribution >= 4 is 28.6 Å². The third-order valence-corrected chi connectivity index (χ3v) is 6.27. The summed E-state index contributed by atoms with van der Waals surface area (Å²) in [5.41, 5.74) is 3.31. The highest BCUT2D eigenvalue weighted by atomic mass is 32.1. The van der Waals surface area contributed by atoms with Crippen LogP contribution >= 0.6 is 11.3 Å². The molecule has 1 amide bonds. The van der Waals surface area contributed by atoms with Crippen molar-refractivity contribution in [2.45, 2.75) is 19.4 Å². The molecule has 2 aromatic carbocycles. The van der Waals surface area contributed by atoms with Crippen LogP contribution in [0.1, 0.15) is 32.4 Å². The number of hydrogen-bond donors (Lipinski definition) is 1. The van der Waals surface area contributed by atoms with E-state index in [0.29, 0.717) is 17.7 Å². The van der Waals surface area contributed by atoms with Crippen LogP contribution in [0.3, 0.4) is 0 Å². The van der Waals surface area contributed by atoms with E-state index in [1.807, 2.05) is 17.5 Å². The molecule has 7 heteroatoms. The van der Waals surface area contributed by atoms with Crippen molar-refractivity contribution in [1.82, 2.24) is 5.32 Å². The molecule has 29 heavy (non-hydrogen) atoms. The highest BCUT2D eigenvalue weighted by Gasteiger charge is 2.28. The second-order valence-corrected chi connectivity index (χ2v) is 8.05. The number of para-hydroxylation sites is 1. The van der Waals surface area contributed by atoms with Crippen LogP contribution in [0.5, 0.6) is 0 Å². The van der Waals surface area contributed by atoms with Gasteiger partial charge >= 0.3 is 0 Å². The van der Waals surface area contributed by atoms with Crippen LogP contribution in [-0.2, 0) is 6.42 Å². The number of nitrogens with one attached hydrogen (secondary N) is 1. The van der Waals surface area contributed by atoms with Gasteiger partial charge in [0.1, 0.15) is 0 Å². The minimum absolute atomic E-state index is 0.0167. The summed E-state index contributed by atoms with van der Waals surface area (Å²) in [5, 5.41) is 16.2. The monoisotopic (exact) mass is 407 g/mol. The van der Waals surface area contributed by atoms with Gasteiger partial charge in [0.15, 0.2) is 0 Å². The van der Waals surface area contributed by atoms with E-state index in [1.165, 1.54) is 22.2 Å². The number of anilines is 1. The molecule has 0 spiro atoms. The molecule has 4 rings (SSSR count). The Kier molecular flexibility index (Phi) is 5.31. The molecule has 1 aliphatic rings. The van der Waals surface area contributed by atoms with Crippen molar-refractivity contribution in [3.05, 3.63) is 91.7 Å². The first-order chi connectivity index (χ1) is 14.0. The topological polar surface area (TPSA) is 75.5 Å². The van der Waals surface area contributed by atoms with Crippen molar-refractivity contribution in [2.75, 3.05) is 18.0 Å². The van der Waals surface area contributed by atoms with Gasteiger partial charge in [-0.3, -0.25) is 14.9 Å². The lowest BCUT2D eigenvalue weighted by atomic mass is 10.1. The van der Waals surface area contributed by atoms with Crippen LogP contribution in [0.25, 0.3) is 0 Å². The fraction of sp³-hybridized carbons (Fsp3) is 0.227. The van der Waals surface area contributed by atoms with Crippen molar-refractivity contribution in [3.63, 3.8) is 0 Å². The van der Waals surface area contributed by atoms with Gasteiger partial charge in [0, 0.05) is 40.8 Å². The van der Waals surface area contributed by atoms with Crippen LogP contribution < -0.4 is 10.2 Å². The summed E-state index contributed by atoms with van der Waals surface area (Å²) in [6, 6.07) is 17.0. The van der Waals surface area contributed by atoms with E-state index < -0.39 is 4.92 Å². The first kappa shape index (κ1) is 19.1. The smallest absolute Gasteiger partial charge is 0.273 e. The van der Waals surface area contributed by atoms with E-state index in [1.54, 1.807) is 30.4 Å². The summed E-state index contributed by atoms with van der Waals surface area (Å²) in [7, 11) is 0. The molecule has 0 radical (unpaired) electrons. The Bertz CT molecular complexity index is 1050. The molecule has 1 atom stereocenters. The number of amides is 1. The van der Waals surface area contributed by atoms with Crippen LogP contribution in [-0.4, -0.2) is 23.9 Å². The molecule has 1 aromatic heterocycles. The Morgan fingerprint density at radius 2 is 2.07 bits per heavy atom. The second kappa shape index (κ2) is 8.05. The van der Waals surface area contributed by atoms with Gasteiger partial charge in [0.2, 0.25) is 0 Å². The Morgan fingerprint density at radius 3 is 2.83 bits per heavy atom. The number of rotatable bonds is 6. The number of aryl methyl sites for hydroxylation is 1. The van der Waals surface area contributed by atoms with Crippen LogP contribution in [0.15, 0.2) is 60.0 Å². The third-order valence-electron chi connectivity index (χ3n) is 5.29. The van der Waals surface area contributed by atoms with Gasteiger partial charge in [-0.1, -0.05) is 30.3 Å². The number of nitro groups is 1. The first-order valence-corrected chi connectivity index (χ1v) is 10.3. The standard InChI is InChI=1S/C22H21N3O3S/c1-15-8-9-17(13-19(15)25(27)28)22(26)23-14-20(21-7-4-12-29-21)24-11-10-16-5-2-3-6-18(16)24/h2-9,12-13,20H,10-11,14H2,1H3,(H,23,26). The van der Waals surface area contributed by atoms with Crippen LogP contribution in [0.2, 0.25) is 0 Å². The predicted molar refractivity (Wildman–Crippen MR) is 115 cm³/mol. The summed E-state index contributed by atoms with van der Waals surface area (Å²) >= 11 is 1.67. The molecular weight excluding hydrogens is 386 g/mol. The quantitative estimate of drug-likeness (QED) is 0.482. The zero-order chi connectivity index (χ0) is 20.4. The summed E-state index contributed by atoms with van der Waals surface area (Å²) in [6.07, 6.45) is 0.982. The molecule has 1 unspecified atom stereocenters. The summed E-state index contributed by atoms with van der Waals surface area (Å²) in [4.78, 5) is 26.9. The van der Waals surface area contributed by atoms with E-state index in [2.05, 4.69) is 34.5 Å². The number of nitro benzene ring substituents is 1. The zero-order valence-electron chi connectivity index (χ0n) is 16.0. The molecule has 0 fully saturated rings. The summed E-state index contributed by atoms with van der Waals surface area (Å²) < 4.78 is 0. The Labute approximate surface area is 172 Å². The van der Waals surface area contributed by atoms with Crippen molar-refractivity contribution in [2.24, 2.45) is 0 Å². The normalized spacial score (nSPS) is 13.8. The maximum Gasteiger partial charge on any atom is 0.273 e. The molecule has 0 saturated carbocycles.